The second-order valence-corrected chi connectivity index (χ2v) is 4.60. The molecule has 2 aliphatic rings. The van der Waals surface area contributed by atoms with E-state index in [2.05, 4.69) is 10.6 Å². The molecule has 0 aliphatic carbocycles. The molecule has 1 aromatic rings. The topological polar surface area (TPSA) is 59.6 Å². The van der Waals surface area contributed by atoms with Crippen molar-refractivity contribution < 1.29 is 14.3 Å². The third-order valence-corrected chi connectivity index (χ3v) is 3.31. The molecule has 0 radical (unpaired) electrons. The molecule has 1 amide bonds. The number of benzene rings is 1. The Balaban J connectivity index is 0.00000133. The van der Waals surface area contributed by atoms with Gasteiger partial charge in [-0.05, 0) is 31.5 Å². The van der Waals surface area contributed by atoms with Crippen LogP contribution in [-0.2, 0) is 4.79 Å². The van der Waals surface area contributed by atoms with E-state index >= 15 is 0 Å². The van der Waals surface area contributed by atoms with Crippen molar-refractivity contribution in [3.63, 3.8) is 0 Å². The summed E-state index contributed by atoms with van der Waals surface area (Å²) >= 11 is 0. The summed E-state index contributed by atoms with van der Waals surface area (Å²) in [5, 5.41) is 6.16. The molecule has 0 unspecified atom stereocenters. The van der Waals surface area contributed by atoms with E-state index < -0.39 is 0 Å². The van der Waals surface area contributed by atoms with Gasteiger partial charge in [-0.2, -0.15) is 0 Å². The van der Waals surface area contributed by atoms with Crippen molar-refractivity contribution in [2.75, 3.05) is 25.2 Å². The number of hydrogen-bond acceptors (Lipinski definition) is 4. The van der Waals surface area contributed by atoms with Crippen LogP contribution in [0.1, 0.15) is 12.8 Å². The molecule has 0 saturated carbocycles. The van der Waals surface area contributed by atoms with Crippen LogP contribution < -0.4 is 20.1 Å². The number of piperidine rings is 1. The van der Waals surface area contributed by atoms with Crippen LogP contribution in [0.2, 0.25) is 0 Å². The molecule has 104 valence electrons. The number of carbonyl (C=O) groups excluding carboxylic acids is 1. The zero-order chi connectivity index (χ0) is 12.4. The minimum Gasteiger partial charge on any atom is -0.454 e. The summed E-state index contributed by atoms with van der Waals surface area (Å²) in [6, 6.07) is 5.45. The first-order chi connectivity index (χ1) is 8.83. The third-order valence-electron chi connectivity index (χ3n) is 3.31. The molecule has 2 aliphatic heterocycles. The monoisotopic (exact) mass is 284 g/mol. The fraction of sp³-hybridized carbons (Fsp3) is 0.462. The number of amides is 1. The lowest BCUT2D eigenvalue weighted by Crippen LogP contribution is -2.37. The van der Waals surface area contributed by atoms with Gasteiger partial charge in [-0.1, -0.05) is 0 Å². The molecule has 5 nitrogen and oxygen atoms in total. The van der Waals surface area contributed by atoms with E-state index in [0.717, 1.165) is 37.4 Å². The van der Waals surface area contributed by atoms with Crippen LogP contribution in [0, 0.1) is 5.92 Å². The van der Waals surface area contributed by atoms with Crippen LogP contribution in [0.5, 0.6) is 11.5 Å². The predicted molar refractivity (Wildman–Crippen MR) is 74.0 cm³/mol. The molecule has 19 heavy (non-hydrogen) atoms. The van der Waals surface area contributed by atoms with Gasteiger partial charge in [0.1, 0.15) is 0 Å². The second-order valence-electron chi connectivity index (χ2n) is 4.60. The number of hydrogen-bond donors (Lipinski definition) is 2. The van der Waals surface area contributed by atoms with Crippen LogP contribution in [0.4, 0.5) is 5.69 Å². The van der Waals surface area contributed by atoms with Crippen LogP contribution in [0.15, 0.2) is 18.2 Å². The van der Waals surface area contributed by atoms with Crippen LogP contribution >= 0.6 is 12.4 Å². The standard InChI is InChI=1S/C13H16N2O3.ClH/c16-13(9-2-1-5-14-7-9)15-10-3-4-11-12(6-10)18-8-17-11;/h3-4,6,9,14H,1-2,5,7-8H2,(H,15,16);1H/t9-;/m1./s1. The summed E-state index contributed by atoms with van der Waals surface area (Å²) < 4.78 is 10.5. The van der Waals surface area contributed by atoms with Gasteiger partial charge >= 0.3 is 0 Å². The first-order valence-corrected chi connectivity index (χ1v) is 6.24. The van der Waals surface area contributed by atoms with Crippen molar-refractivity contribution in [1.29, 1.82) is 0 Å². The Morgan fingerprint density at radius 3 is 2.95 bits per heavy atom. The molecule has 2 heterocycles. The summed E-state index contributed by atoms with van der Waals surface area (Å²) in [6.45, 7) is 2.02. The molecule has 1 aromatic carbocycles. The Morgan fingerprint density at radius 2 is 2.16 bits per heavy atom. The summed E-state index contributed by atoms with van der Waals surface area (Å²) in [5.74, 6) is 1.55. The molecule has 1 atom stereocenters. The first kappa shape index (κ1) is 14.0. The third kappa shape index (κ3) is 3.11. The fourth-order valence-corrected chi connectivity index (χ4v) is 2.29. The zero-order valence-electron chi connectivity index (χ0n) is 10.5. The van der Waals surface area contributed by atoms with Gasteiger partial charge in [0.05, 0.1) is 5.92 Å². The van der Waals surface area contributed by atoms with Crippen molar-refractivity contribution in [2.45, 2.75) is 12.8 Å². The van der Waals surface area contributed by atoms with Crippen LogP contribution in [0.25, 0.3) is 0 Å². The van der Waals surface area contributed by atoms with E-state index in [9.17, 15) is 4.79 Å². The zero-order valence-corrected chi connectivity index (χ0v) is 11.3. The van der Waals surface area contributed by atoms with Crippen molar-refractivity contribution >= 4 is 24.0 Å². The second kappa shape index (κ2) is 6.12. The van der Waals surface area contributed by atoms with Gasteiger partial charge in [0, 0.05) is 18.3 Å². The molecule has 0 aromatic heterocycles. The highest BCUT2D eigenvalue weighted by Gasteiger charge is 2.21. The van der Waals surface area contributed by atoms with E-state index in [1.54, 1.807) is 6.07 Å². The number of rotatable bonds is 2. The molecular formula is C13H17ClN2O3. The SMILES string of the molecule is Cl.O=C(Nc1ccc2c(c1)OCO2)[C@@H]1CCCNC1. The highest BCUT2D eigenvalue weighted by molar-refractivity contribution is 5.93. The number of nitrogens with one attached hydrogen (secondary N) is 2. The maximum Gasteiger partial charge on any atom is 0.231 e. The van der Waals surface area contributed by atoms with E-state index in [-0.39, 0.29) is 31.0 Å². The maximum atomic E-state index is 12.0. The number of carbonyl (C=O) groups is 1. The highest BCUT2D eigenvalue weighted by Crippen LogP contribution is 2.34. The lowest BCUT2D eigenvalue weighted by molar-refractivity contribution is -0.120. The number of fused-ring (bicyclic) bond motifs is 1. The van der Waals surface area contributed by atoms with Crippen molar-refractivity contribution in [3.8, 4) is 11.5 Å². The molecule has 0 spiro atoms. The van der Waals surface area contributed by atoms with Gasteiger partial charge in [-0.15, -0.1) is 12.4 Å². The molecular weight excluding hydrogens is 268 g/mol. The van der Waals surface area contributed by atoms with Crippen LogP contribution in [-0.4, -0.2) is 25.8 Å². The Hall–Kier alpha value is -1.46. The van der Waals surface area contributed by atoms with Crippen molar-refractivity contribution in [1.82, 2.24) is 5.32 Å². The van der Waals surface area contributed by atoms with Gasteiger partial charge in [-0.25, -0.2) is 0 Å². The Kier molecular flexibility index (Phi) is 4.50. The van der Waals surface area contributed by atoms with E-state index in [1.165, 1.54) is 0 Å². The minimum atomic E-state index is 0. The summed E-state index contributed by atoms with van der Waals surface area (Å²) in [5.41, 5.74) is 0.759. The molecule has 3 rings (SSSR count). The first-order valence-electron chi connectivity index (χ1n) is 6.24. The predicted octanol–water partition coefficient (Wildman–Crippen LogP) is 1.78. The Labute approximate surface area is 118 Å². The fourth-order valence-electron chi connectivity index (χ4n) is 2.29. The van der Waals surface area contributed by atoms with Gasteiger partial charge < -0.3 is 20.1 Å². The highest BCUT2D eigenvalue weighted by atomic mass is 35.5. The lowest BCUT2D eigenvalue weighted by atomic mass is 9.99. The average Bonchev–Trinajstić information content (AvgIpc) is 2.87. The van der Waals surface area contributed by atoms with E-state index in [4.69, 9.17) is 9.47 Å². The number of anilines is 1. The molecule has 1 saturated heterocycles. The van der Waals surface area contributed by atoms with Crippen LogP contribution in [0.3, 0.4) is 0 Å². The van der Waals surface area contributed by atoms with Crippen molar-refractivity contribution in [2.24, 2.45) is 5.92 Å². The van der Waals surface area contributed by atoms with E-state index in [0.29, 0.717) is 5.75 Å². The Morgan fingerprint density at radius 1 is 1.32 bits per heavy atom. The van der Waals surface area contributed by atoms with Crippen molar-refractivity contribution in [3.05, 3.63) is 18.2 Å². The summed E-state index contributed by atoms with van der Waals surface area (Å²) in [7, 11) is 0. The molecule has 1 fully saturated rings. The quantitative estimate of drug-likeness (QED) is 0.869. The average molecular weight is 285 g/mol. The minimum absolute atomic E-state index is 0. The van der Waals surface area contributed by atoms with Gasteiger partial charge in [0.2, 0.25) is 12.7 Å². The maximum absolute atomic E-state index is 12.0. The number of ether oxygens (including phenoxy) is 2. The smallest absolute Gasteiger partial charge is 0.231 e. The normalized spacial score (nSPS) is 20.5. The largest absolute Gasteiger partial charge is 0.454 e. The lowest BCUT2D eigenvalue weighted by Gasteiger charge is -2.21. The summed E-state index contributed by atoms with van der Waals surface area (Å²) in [6.07, 6.45) is 2.00. The Bertz CT molecular complexity index is 461. The molecule has 6 heteroatoms. The number of halogens is 1. The van der Waals surface area contributed by atoms with E-state index in [1.807, 2.05) is 12.1 Å². The van der Waals surface area contributed by atoms with Gasteiger partial charge in [0.15, 0.2) is 11.5 Å². The van der Waals surface area contributed by atoms with Gasteiger partial charge in [0.25, 0.3) is 0 Å². The summed E-state index contributed by atoms with van der Waals surface area (Å²) in [4.78, 5) is 12.0. The van der Waals surface area contributed by atoms with Gasteiger partial charge in [-0.3, -0.25) is 4.79 Å². The molecule has 0 bridgehead atoms. The molecule has 2 N–H and O–H groups in total.